The monoisotopic (exact) mass is 506 g/mol. The normalized spacial score (nSPS) is 12.4. The van der Waals surface area contributed by atoms with Gasteiger partial charge >= 0.3 is 6.09 Å². The molecule has 2 unspecified atom stereocenters. The van der Waals surface area contributed by atoms with Crippen molar-refractivity contribution in [2.45, 2.75) is 65.3 Å². The number of hydrogen-bond donors (Lipinski definition) is 3. The zero-order valence-electron chi connectivity index (χ0n) is 21.8. The number of nitrogens with zero attached hydrogens (tertiary/aromatic N) is 1. The molecule has 0 aromatic heterocycles. The lowest BCUT2D eigenvalue weighted by Crippen LogP contribution is -2.52. The van der Waals surface area contributed by atoms with Crippen molar-refractivity contribution in [3.8, 4) is 12.5 Å². The maximum absolute atomic E-state index is 13.7. The van der Waals surface area contributed by atoms with Gasteiger partial charge in [0.2, 0.25) is 11.8 Å². The fourth-order valence-corrected chi connectivity index (χ4v) is 3.80. The molecule has 4 amide bonds. The number of nitrogens with two attached hydrogens (primary N) is 1. The highest BCUT2D eigenvalue weighted by Crippen LogP contribution is 2.28. The predicted octanol–water partition coefficient (Wildman–Crippen LogP) is 2.85. The van der Waals surface area contributed by atoms with E-state index in [0.717, 1.165) is 21.6 Å². The van der Waals surface area contributed by atoms with E-state index in [-0.39, 0.29) is 6.54 Å². The topological polar surface area (TPSA) is 131 Å². The maximum Gasteiger partial charge on any atom is 0.408 e. The maximum atomic E-state index is 13.7. The summed E-state index contributed by atoms with van der Waals surface area (Å²) in [5.74, 6) is -2.22. The molecule has 0 radical (unpaired) electrons. The summed E-state index contributed by atoms with van der Waals surface area (Å²) >= 11 is 0. The molecule has 0 saturated heterocycles. The Morgan fingerprint density at radius 2 is 1.62 bits per heavy atom. The van der Waals surface area contributed by atoms with Gasteiger partial charge in [0, 0.05) is 12.6 Å². The van der Waals surface area contributed by atoms with Crippen LogP contribution in [-0.2, 0) is 25.7 Å². The summed E-state index contributed by atoms with van der Waals surface area (Å²) in [6.07, 6.45) is 4.30. The SMILES string of the molecule is C#CN(C(=O)C(CC(N)=O)NC(=O)OC(C)(C)C)C(C(=O)NCc1ccccc1)c1c(C)cccc1C. The van der Waals surface area contributed by atoms with Crippen LogP contribution in [-0.4, -0.2) is 40.4 Å². The van der Waals surface area contributed by atoms with Crippen LogP contribution in [0, 0.1) is 26.3 Å². The third-order valence-electron chi connectivity index (χ3n) is 5.40. The van der Waals surface area contributed by atoms with Crippen LogP contribution < -0.4 is 16.4 Å². The second-order valence-corrected chi connectivity index (χ2v) is 9.62. The van der Waals surface area contributed by atoms with Crippen LogP contribution in [0.5, 0.6) is 0 Å². The van der Waals surface area contributed by atoms with E-state index in [2.05, 4.69) is 16.7 Å². The molecule has 0 aliphatic carbocycles. The molecule has 196 valence electrons. The van der Waals surface area contributed by atoms with Crippen LogP contribution in [0.4, 0.5) is 4.79 Å². The van der Waals surface area contributed by atoms with Gasteiger partial charge in [-0.1, -0.05) is 55.0 Å². The molecule has 0 aliphatic heterocycles. The average molecular weight is 507 g/mol. The summed E-state index contributed by atoms with van der Waals surface area (Å²) in [6, 6.07) is 14.3. The number of benzene rings is 2. The van der Waals surface area contributed by atoms with Crippen LogP contribution >= 0.6 is 0 Å². The van der Waals surface area contributed by atoms with Crippen molar-refractivity contribution in [1.29, 1.82) is 0 Å². The van der Waals surface area contributed by atoms with Gasteiger partial charge in [-0.2, -0.15) is 0 Å². The van der Waals surface area contributed by atoms with Gasteiger partial charge in [0.15, 0.2) is 0 Å². The quantitative estimate of drug-likeness (QED) is 0.356. The van der Waals surface area contributed by atoms with Gasteiger partial charge in [-0.05, 0) is 56.9 Å². The minimum atomic E-state index is -1.45. The largest absolute Gasteiger partial charge is 0.444 e. The summed E-state index contributed by atoms with van der Waals surface area (Å²) in [7, 11) is 0. The molecule has 2 aromatic carbocycles. The lowest BCUT2D eigenvalue weighted by molar-refractivity contribution is -0.139. The summed E-state index contributed by atoms with van der Waals surface area (Å²) in [5, 5.41) is 5.21. The summed E-state index contributed by atoms with van der Waals surface area (Å²) in [5.41, 5.74) is 7.36. The molecule has 0 fully saturated rings. The molecule has 0 aliphatic rings. The Balaban J connectivity index is 2.47. The Bertz CT molecular complexity index is 1160. The molecule has 37 heavy (non-hydrogen) atoms. The lowest BCUT2D eigenvalue weighted by Gasteiger charge is -2.31. The van der Waals surface area contributed by atoms with Crippen molar-refractivity contribution in [3.63, 3.8) is 0 Å². The van der Waals surface area contributed by atoms with Crippen LogP contribution in [0.1, 0.15) is 55.5 Å². The summed E-state index contributed by atoms with van der Waals surface area (Å²) in [4.78, 5) is 52.3. The molecule has 2 rings (SSSR count). The van der Waals surface area contributed by atoms with E-state index in [1.165, 1.54) is 0 Å². The Morgan fingerprint density at radius 1 is 1.03 bits per heavy atom. The van der Waals surface area contributed by atoms with E-state index in [1.807, 2.05) is 36.4 Å². The number of nitrogens with one attached hydrogen (secondary N) is 2. The number of hydrogen-bond acceptors (Lipinski definition) is 5. The lowest BCUT2D eigenvalue weighted by atomic mass is 9.93. The Hall–Kier alpha value is -4.32. The van der Waals surface area contributed by atoms with Crippen LogP contribution in [0.2, 0.25) is 0 Å². The van der Waals surface area contributed by atoms with Gasteiger partial charge in [-0.25, -0.2) is 4.79 Å². The van der Waals surface area contributed by atoms with Crippen molar-refractivity contribution in [2.24, 2.45) is 5.73 Å². The second-order valence-electron chi connectivity index (χ2n) is 9.62. The van der Waals surface area contributed by atoms with Crippen LogP contribution in [0.15, 0.2) is 48.5 Å². The highest BCUT2D eigenvalue weighted by Gasteiger charge is 2.37. The molecular formula is C28H34N4O5. The first-order chi connectivity index (χ1) is 17.3. The van der Waals surface area contributed by atoms with Gasteiger partial charge in [-0.3, -0.25) is 19.3 Å². The highest BCUT2D eigenvalue weighted by molar-refractivity contribution is 5.95. The summed E-state index contributed by atoms with van der Waals surface area (Å²) < 4.78 is 5.23. The predicted molar refractivity (Wildman–Crippen MR) is 140 cm³/mol. The van der Waals surface area contributed by atoms with Crippen LogP contribution in [0.3, 0.4) is 0 Å². The number of carbonyl (C=O) groups excluding carboxylic acids is 4. The molecule has 2 aromatic rings. The molecule has 0 heterocycles. The number of terminal acetylenes is 1. The fraction of sp³-hybridized carbons (Fsp3) is 0.357. The molecule has 2 atom stereocenters. The van der Waals surface area contributed by atoms with Gasteiger partial charge in [0.1, 0.15) is 17.7 Å². The van der Waals surface area contributed by atoms with Gasteiger partial charge < -0.3 is 21.1 Å². The minimum absolute atomic E-state index is 0.203. The van der Waals surface area contributed by atoms with Crippen molar-refractivity contribution < 1.29 is 23.9 Å². The average Bonchev–Trinajstić information content (AvgIpc) is 2.80. The van der Waals surface area contributed by atoms with E-state index >= 15 is 0 Å². The zero-order valence-corrected chi connectivity index (χ0v) is 21.8. The first-order valence-electron chi connectivity index (χ1n) is 11.8. The number of aryl methyl sites for hydroxylation is 2. The van der Waals surface area contributed by atoms with E-state index in [9.17, 15) is 19.2 Å². The van der Waals surface area contributed by atoms with Crippen molar-refractivity contribution in [1.82, 2.24) is 15.5 Å². The summed E-state index contributed by atoms with van der Waals surface area (Å²) in [6.45, 7) is 8.77. The first-order valence-corrected chi connectivity index (χ1v) is 11.8. The molecular weight excluding hydrogens is 472 g/mol. The molecule has 0 bridgehead atoms. The third-order valence-corrected chi connectivity index (χ3v) is 5.40. The number of alkyl carbamates (subject to hydrolysis) is 1. The standard InChI is InChI=1S/C28H34N4O5/c1-7-32(26(35)21(16-22(29)33)31-27(36)37-28(4,5)6)24(23-18(2)12-11-13-19(23)3)25(34)30-17-20-14-9-8-10-15-20/h1,8-15,21,24H,16-17H2,2-6H3,(H2,29,33)(H,30,34)(H,31,36). The van der Waals surface area contributed by atoms with Crippen molar-refractivity contribution >= 4 is 23.8 Å². The number of rotatable bonds is 9. The van der Waals surface area contributed by atoms with Gasteiger partial charge in [-0.15, -0.1) is 0 Å². The van der Waals surface area contributed by atoms with Gasteiger partial charge in [0.25, 0.3) is 5.91 Å². The number of primary amides is 1. The Labute approximate surface area is 217 Å². The van der Waals surface area contributed by atoms with Crippen LogP contribution in [0.25, 0.3) is 0 Å². The first kappa shape index (κ1) is 28.9. The van der Waals surface area contributed by atoms with Crippen molar-refractivity contribution in [3.05, 3.63) is 70.8 Å². The van der Waals surface area contributed by atoms with Crippen molar-refractivity contribution in [2.75, 3.05) is 0 Å². The molecule has 9 nitrogen and oxygen atoms in total. The second kappa shape index (κ2) is 12.6. The minimum Gasteiger partial charge on any atom is -0.444 e. The number of ether oxygens (including phenoxy) is 1. The Kier molecular flexibility index (Phi) is 9.83. The van der Waals surface area contributed by atoms with E-state index in [4.69, 9.17) is 16.9 Å². The molecule has 0 spiro atoms. The van der Waals surface area contributed by atoms with E-state index < -0.39 is 47.9 Å². The number of amides is 4. The third kappa shape index (κ3) is 8.39. The van der Waals surface area contributed by atoms with E-state index in [1.54, 1.807) is 46.8 Å². The smallest absolute Gasteiger partial charge is 0.408 e. The van der Waals surface area contributed by atoms with E-state index in [0.29, 0.717) is 5.56 Å². The molecule has 4 N–H and O–H groups in total. The highest BCUT2D eigenvalue weighted by atomic mass is 16.6. The number of carbonyl (C=O) groups is 4. The zero-order chi connectivity index (χ0) is 27.8. The van der Waals surface area contributed by atoms with Gasteiger partial charge in [0.05, 0.1) is 6.42 Å². The fourth-order valence-electron chi connectivity index (χ4n) is 3.80. The molecule has 0 saturated carbocycles. The molecule has 9 heteroatoms. The Morgan fingerprint density at radius 3 is 2.14 bits per heavy atom.